The first-order valence-electron chi connectivity index (χ1n) is 7.24. The second kappa shape index (κ2) is 5.87. The Kier molecular flexibility index (Phi) is 4.44. The third kappa shape index (κ3) is 3.58. The lowest BCUT2D eigenvalue weighted by atomic mass is 9.79. The van der Waals surface area contributed by atoms with Gasteiger partial charge in [0, 0.05) is 12.5 Å². The summed E-state index contributed by atoms with van der Waals surface area (Å²) in [4.78, 5) is 12.0. The summed E-state index contributed by atoms with van der Waals surface area (Å²) in [5.74, 6) is 0.942. The molecule has 0 heterocycles. The van der Waals surface area contributed by atoms with Crippen LogP contribution in [-0.4, -0.2) is 23.2 Å². The summed E-state index contributed by atoms with van der Waals surface area (Å²) >= 11 is 0. The molecule has 2 aliphatic carbocycles. The second-order valence-electron chi connectivity index (χ2n) is 6.11. The topological polar surface area (TPSA) is 49.3 Å². The van der Waals surface area contributed by atoms with Gasteiger partial charge in [0.05, 0.1) is 5.60 Å². The van der Waals surface area contributed by atoms with Crippen LogP contribution in [0.3, 0.4) is 0 Å². The Labute approximate surface area is 110 Å². The Bertz CT molecular complexity index is 316. The van der Waals surface area contributed by atoms with Crippen LogP contribution in [0.2, 0.25) is 0 Å². The van der Waals surface area contributed by atoms with E-state index in [1.165, 1.54) is 0 Å². The number of aliphatic hydroxyl groups is 1. The SMILES string of the molecule is CC1CCC(O)(CNC(=O)C2CC=CCC2)CC1. The molecule has 102 valence electrons. The largest absolute Gasteiger partial charge is 0.388 e. The fourth-order valence-corrected chi connectivity index (χ4v) is 2.90. The maximum atomic E-state index is 12.0. The minimum absolute atomic E-state index is 0.112. The fourth-order valence-electron chi connectivity index (χ4n) is 2.90. The van der Waals surface area contributed by atoms with Gasteiger partial charge in [-0.25, -0.2) is 0 Å². The predicted molar refractivity (Wildman–Crippen MR) is 72.1 cm³/mol. The lowest BCUT2D eigenvalue weighted by Crippen LogP contribution is -2.46. The maximum Gasteiger partial charge on any atom is 0.223 e. The van der Waals surface area contributed by atoms with Gasteiger partial charge in [-0.1, -0.05) is 19.1 Å². The first-order valence-corrected chi connectivity index (χ1v) is 7.24. The number of nitrogens with one attached hydrogen (secondary N) is 1. The van der Waals surface area contributed by atoms with Crippen molar-refractivity contribution in [1.82, 2.24) is 5.32 Å². The number of amides is 1. The van der Waals surface area contributed by atoms with E-state index in [1.807, 2.05) is 0 Å². The van der Waals surface area contributed by atoms with E-state index >= 15 is 0 Å². The van der Waals surface area contributed by atoms with Crippen molar-refractivity contribution in [3.63, 3.8) is 0 Å². The molecule has 1 saturated carbocycles. The van der Waals surface area contributed by atoms with E-state index in [-0.39, 0.29) is 11.8 Å². The van der Waals surface area contributed by atoms with Gasteiger partial charge in [0.2, 0.25) is 5.91 Å². The highest BCUT2D eigenvalue weighted by atomic mass is 16.3. The van der Waals surface area contributed by atoms with Crippen LogP contribution in [0, 0.1) is 11.8 Å². The monoisotopic (exact) mass is 251 g/mol. The molecule has 3 nitrogen and oxygen atoms in total. The Morgan fingerprint density at radius 1 is 1.33 bits per heavy atom. The van der Waals surface area contributed by atoms with Crippen LogP contribution in [-0.2, 0) is 4.79 Å². The van der Waals surface area contributed by atoms with E-state index < -0.39 is 5.60 Å². The highest BCUT2D eigenvalue weighted by Crippen LogP contribution is 2.31. The van der Waals surface area contributed by atoms with Crippen molar-refractivity contribution in [2.24, 2.45) is 11.8 Å². The van der Waals surface area contributed by atoms with Gasteiger partial charge in [0.15, 0.2) is 0 Å². The number of carbonyl (C=O) groups is 1. The molecule has 0 aromatic rings. The van der Waals surface area contributed by atoms with Crippen molar-refractivity contribution in [2.75, 3.05) is 6.54 Å². The minimum atomic E-state index is -0.660. The molecule has 18 heavy (non-hydrogen) atoms. The Hall–Kier alpha value is -0.830. The second-order valence-corrected chi connectivity index (χ2v) is 6.11. The molecule has 0 aromatic heterocycles. The van der Waals surface area contributed by atoms with Gasteiger partial charge in [0.1, 0.15) is 0 Å². The van der Waals surface area contributed by atoms with Gasteiger partial charge in [-0.3, -0.25) is 4.79 Å². The molecule has 2 aliphatic rings. The van der Waals surface area contributed by atoms with Crippen molar-refractivity contribution >= 4 is 5.91 Å². The third-order valence-corrected chi connectivity index (χ3v) is 4.44. The van der Waals surface area contributed by atoms with E-state index in [1.54, 1.807) is 0 Å². The number of hydrogen-bond acceptors (Lipinski definition) is 2. The molecular formula is C15H25NO2. The first-order chi connectivity index (χ1) is 8.59. The van der Waals surface area contributed by atoms with Crippen molar-refractivity contribution in [2.45, 2.75) is 57.5 Å². The summed E-state index contributed by atoms with van der Waals surface area (Å²) in [7, 11) is 0. The number of hydrogen-bond donors (Lipinski definition) is 2. The molecule has 0 spiro atoms. The normalized spacial score (nSPS) is 36.3. The van der Waals surface area contributed by atoms with E-state index in [0.717, 1.165) is 44.9 Å². The van der Waals surface area contributed by atoms with Crippen molar-refractivity contribution in [3.8, 4) is 0 Å². The van der Waals surface area contributed by atoms with E-state index in [2.05, 4.69) is 24.4 Å². The Morgan fingerprint density at radius 3 is 2.67 bits per heavy atom. The van der Waals surface area contributed by atoms with Crippen LogP contribution in [0.4, 0.5) is 0 Å². The van der Waals surface area contributed by atoms with Gasteiger partial charge in [0.25, 0.3) is 0 Å². The summed E-state index contributed by atoms with van der Waals surface area (Å²) in [6.07, 6.45) is 10.8. The van der Waals surface area contributed by atoms with Gasteiger partial charge in [-0.2, -0.15) is 0 Å². The molecule has 1 fully saturated rings. The molecule has 0 radical (unpaired) electrons. The summed E-state index contributed by atoms with van der Waals surface area (Å²) in [5.41, 5.74) is -0.660. The Balaban J connectivity index is 1.76. The van der Waals surface area contributed by atoms with Crippen molar-refractivity contribution in [3.05, 3.63) is 12.2 Å². The molecule has 2 rings (SSSR count). The average Bonchev–Trinajstić information content (AvgIpc) is 2.41. The van der Waals surface area contributed by atoms with Crippen molar-refractivity contribution < 1.29 is 9.90 Å². The zero-order valence-corrected chi connectivity index (χ0v) is 11.3. The maximum absolute atomic E-state index is 12.0. The summed E-state index contributed by atoms with van der Waals surface area (Å²) < 4.78 is 0. The standard InChI is InChI=1S/C15H25NO2/c1-12-7-9-15(18,10-8-12)11-16-14(17)13-5-3-2-4-6-13/h2-3,12-13,18H,4-11H2,1H3,(H,16,17). The highest BCUT2D eigenvalue weighted by molar-refractivity contribution is 5.79. The number of allylic oxidation sites excluding steroid dienone is 2. The van der Waals surface area contributed by atoms with Crippen LogP contribution in [0.15, 0.2) is 12.2 Å². The third-order valence-electron chi connectivity index (χ3n) is 4.44. The molecule has 1 atom stereocenters. The smallest absolute Gasteiger partial charge is 0.223 e. The minimum Gasteiger partial charge on any atom is -0.388 e. The van der Waals surface area contributed by atoms with Crippen LogP contribution in [0.1, 0.15) is 51.9 Å². The lowest BCUT2D eigenvalue weighted by Gasteiger charge is -2.35. The van der Waals surface area contributed by atoms with Crippen molar-refractivity contribution in [1.29, 1.82) is 0 Å². The molecule has 0 aromatic carbocycles. The summed E-state index contributed by atoms with van der Waals surface area (Å²) in [5, 5.41) is 13.4. The molecule has 2 N–H and O–H groups in total. The predicted octanol–water partition coefficient (Wildman–Crippen LogP) is 2.40. The van der Waals surface area contributed by atoms with E-state index in [9.17, 15) is 9.90 Å². The quantitative estimate of drug-likeness (QED) is 0.757. The number of carbonyl (C=O) groups excluding carboxylic acids is 1. The molecule has 3 heteroatoms. The fraction of sp³-hybridized carbons (Fsp3) is 0.800. The summed E-state index contributed by atoms with van der Waals surface area (Å²) in [6, 6.07) is 0. The summed E-state index contributed by atoms with van der Waals surface area (Å²) in [6.45, 7) is 2.66. The van der Waals surface area contributed by atoms with Gasteiger partial charge >= 0.3 is 0 Å². The Morgan fingerprint density at radius 2 is 2.06 bits per heavy atom. The van der Waals surface area contributed by atoms with E-state index in [0.29, 0.717) is 12.5 Å². The molecule has 1 amide bonds. The average molecular weight is 251 g/mol. The first kappa shape index (κ1) is 13.6. The highest BCUT2D eigenvalue weighted by Gasteiger charge is 2.32. The van der Waals surface area contributed by atoms with Crippen LogP contribution >= 0.6 is 0 Å². The van der Waals surface area contributed by atoms with E-state index in [4.69, 9.17) is 0 Å². The van der Waals surface area contributed by atoms with Gasteiger partial charge in [-0.15, -0.1) is 0 Å². The molecule has 0 saturated heterocycles. The molecule has 0 aliphatic heterocycles. The zero-order valence-electron chi connectivity index (χ0n) is 11.3. The van der Waals surface area contributed by atoms with Crippen LogP contribution in [0.25, 0.3) is 0 Å². The van der Waals surface area contributed by atoms with Gasteiger partial charge < -0.3 is 10.4 Å². The molecular weight excluding hydrogens is 226 g/mol. The molecule has 1 unspecified atom stereocenters. The van der Waals surface area contributed by atoms with Gasteiger partial charge in [-0.05, 0) is 50.9 Å². The zero-order chi connectivity index (χ0) is 13.0. The van der Waals surface area contributed by atoms with Crippen LogP contribution in [0.5, 0.6) is 0 Å². The molecule has 0 bridgehead atoms. The van der Waals surface area contributed by atoms with Crippen LogP contribution < -0.4 is 5.32 Å². The lowest BCUT2D eigenvalue weighted by molar-refractivity contribution is -0.127. The number of rotatable bonds is 3.